The first kappa shape index (κ1) is 11.6. The lowest BCUT2D eigenvalue weighted by Crippen LogP contribution is -2.45. The summed E-state index contributed by atoms with van der Waals surface area (Å²) in [5, 5.41) is 0. The Kier molecular flexibility index (Phi) is 2.44. The Morgan fingerprint density at radius 2 is 2.06 bits per heavy atom. The number of fused-ring (bicyclic) bond motifs is 3. The molecule has 1 aromatic carbocycles. The molecule has 1 aliphatic carbocycles. The zero-order valence-corrected chi connectivity index (χ0v) is 10.1. The molecule has 0 radical (unpaired) electrons. The summed E-state index contributed by atoms with van der Waals surface area (Å²) in [7, 11) is 0. The van der Waals surface area contributed by atoms with Gasteiger partial charge in [-0.3, -0.25) is 4.79 Å². The zero-order valence-electron chi connectivity index (χ0n) is 10.1. The molecule has 2 aliphatic rings. The molecule has 3 rings (SSSR count). The minimum Gasteiger partial charge on any atom is -0.490 e. The van der Waals surface area contributed by atoms with Crippen molar-refractivity contribution in [2.45, 2.75) is 31.6 Å². The van der Waals surface area contributed by atoms with E-state index in [-0.39, 0.29) is 24.1 Å². The van der Waals surface area contributed by atoms with Gasteiger partial charge in [-0.05, 0) is 18.6 Å². The number of carbonyl (C=O) groups is 1. The van der Waals surface area contributed by atoms with E-state index in [4.69, 9.17) is 4.74 Å². The molecule has 0 amide bonds. The summed E-state index contributed by atoms with van der Waals surface area (Å²) >= 11 is 0. The molecule has 0 unspecified atom stereocenters. The number of hydrogen-bond acceptors (Lipinski definition) is 2. The molecular weight excluding hydrogens is 238 g/mol. The van der Waals surface area contributed by atoms with Gasteiger partial charge in [-0.25, -0.2) is 8.78 Å². The lowest BCUT2D eigenvalue weighted by Gasteiger charge is -2.45. The second-order valence-corrected chi connectivity index (χ2v) is 5.40. The van der Waals surface area contributed by atoms with Crippen LogP contribution in [-0.4, -0.2) is 12.4 Å². The van der Waals surface area contributed by atoms with Crippen LogP contribution in [0.3, 0.4) is 0 Å². The van der Waals surface area contributed by atoms with Crippen molar-refractivity contribution >= 4 is 5.78 Å². The highest BCUT2D eigenvalue weighted by molar-refractivity contribution is 5.80. The van der Waals surface area contributed by atoms with Crippen molar-refractivity contribution in [1.29, 1.82) is 0 Å². The first-order chi connectivity index (χ1) is 8.52. The summed E-state index contributed by atoms with van der Waals surface area (Å²) in [5.41, 5.74) is -0.181. The van der Waals surface area contributed by atoms with Crippen LogP contribution in [0.15, 0.2) is 12.1 Å². The van der Waals surface area contributed by atoms with E-state index < -0.39 is 17.0 Å². The normalized spacial score (nSPS) is 30.4. The highest BCUT2D eigenvalue weighted by Crippen LogP contribution is 2.50. The number of ether oxygens (including phenoxy) is 1. The summed E-state index contributed by atoms with van der Waals surface area (Å²) in [4.78, 5) is 11.5. The summed E-state index contributed by atoms with van der Waals surface area (Å²) in [6, 6.07) is 2.23. The van der Waals surface area contributed by atoms with Gasteiger partial charge in [0.15, 0.2) is 11.6 Å². The Morgan fingerprint density at radius 1 is 1.33 bits per heavy atom. The molecule has 18 heavy (non-hydrogen) atoms. The Morgan fingerprint density at radius 3 is 2.83 bits per heavy atom. The quantitative estimate of drug-likeness (QED) is 0.709. The molecule has 4 heteroatoms. The van der Waals surface area contributed by atoms with Gasteiger partial charge in [-0.15, -0.1) is 0 Å². The fourth-order valence-electron chi connectivity index (χ4n) is 3.17. The number of carbonyl (C=O) groups excluding carboxylic acids is 1. The summed E-state index contributed by atoms with van der Waals surface area (Å²) < 4.78 is 33.1. The highest BCUT2D eigenvalue weighted by atomic mass is 19.1. The minimum atomic E-state index is -0.525. The maximum atomic E-state index is 14.0. The molecule has 1 aliphatic heterocycles. The van der Waals surface area contributed by atoms with Crippen LogP contribution in [0.2, 0.25) is 0 Å². The molecule has 2 nitrogen and oxygen atoms in total. The van der Waals surface area contributed by atoms with Crippen LogP contribution in [0, 0.1) is 17.6 Å². The largest absolute Gasteiger partial charge is 0.490 e. The molecule has 1 saturated carbocycles. The number of Topliss-reactive ketones (excluding diaryl/α,β-unsaturated/α-hetero) is 1. The second-order valence-electron chi connectivity index (χ2n) is 5.40. The van der Waals surface area contributed by atoms with E-state index in [1.54, 1.807) is 0 Å². The monoisotopic (exact) mass is 252 g/mol. The van der Waals surface area contributed by atoms with Crippen molar-refractivity contribution in [3.8, 4) is 5.75 Å². The molecule has 0 spiro atoms. The molecule has 0 bridgehead atoms. The molecule has 2 atom stereocenters. The zero-order chi connectivity index (χ0) is 12.9. The number of halogens is 2. The Balaban J connectivity index is 2.16. The van der Waals surface area contributed by atoms with Crippen LogP contribution >= 0.6 is 0 Å². The smallest absolute Gasteiger partial charge is 0.165 e. The van der Waals surface area contributed by atoms with Gasteiger partial charge in [0, 0.05) is 29.7 Å². The lowest BCUT2D eigenvalue weighted by molar-refractivity contribution is -0.124. The van der Waals surface area contributed by atoms with Gasteiger partial charge in [-0.2, -0.15) is 0 Å². The van der Waals surface area contributed by atoms with E-state index in [9.17, 15) is 13.6 Å². The van der Waals surface area contributed by atoms with E-state index in [0.29, 0.717) is 24.8 Å². The van der Waals surface area contributed by atoms with E-state index in [2.05, 4.69) is 0 Å². The predicted molar refractivity (Wildman–Crippen MR) is 61.6 cm³/mol. The van der Waals surface area contributed by atoms with Gasteiger partial charge < -0.3 is 4.74 Å². The summed E-state index contributed by atoms with van der Waals surface area (Å²) in [6.07, 6.45) is 1.39. The first-order valence-electron chi connectivity index (χ1n) is 6.15. The molecule has 1 fully saturated rings. The van der Waals surface area contributed by atoms with Gasteiger partial charge in [0.25, 0.3) is 0 Å². The fourth-order valence-corrected chi connectivity index (χ4v) is 3.17. The average molecular weight is 252 g/mol. The minimum absolute atomic E-state index is 0.0306. The van der Waals surface area contributed by atoms with Crippen molar-refractivity contribution in [3.05, 3.63) is 29.3 Å². The number of hydrogen-bond donors (Lipinski definition) is 0. The van der Waals surface area contributed by atoms with Crippen LogP contribution in [-0.2, 0) is 10.2 Å². The van der Waals surface area contributed by atoms with E-state index in [0.717, 1.165) is 12.1 Å². The Hall–Kier alpha value is -1.45. The summed E-state index contributed by atoms with van der Waals surface area (Å²) in [5.74, 6) is -0.803. The first-order valence-corrected chi connectivity index (χ1v) is 6.15. The Labute approximate surface area is 104 Å². The van der Waals surface area contributed by atoms with Gasteiger partial charge in [0.1, 0.15) is 11.6 Å². The molecule has 0 aromatic heterocycles. The molecule has 1 aromatic rings. The predicted octanol–water partition coefficient (Wildman–Crippen LogP) is 2.98. The van der Waals surface area contributed by atoms with Crippen molar-refractivity contribution in [3.63, 3.8) is 0 Å². The molecular formula is C14H14F2O2. The molecule has 0 saturated heterocycles. The second kappa shape index (κ2) is 3.77. The van der Waals surface area contributed by atoms with E-state index >= 15 is 0 Å². The third kappa shape index (κ3) is 1.48. The summed E-state index contributed by atoms with van der Waals surface area (Å²) in [6.45, 7) is 2.20. The van der Waals surface area contributed by atoms with Crippen LogP contribution in [0.25, 0.3) is 0 Å². The SMILES string of the molecule is C[C@@]12CCC(=O)C[C@@H]1COc1c(F)ccc(F)c12. The maximum absolute atomic E-state index is 14.0. The van der Waals surface area contributed by atoms with Crippen LogP contribution in [0.1, 0.15) is 31.7 Å². The molecule has 1 heterocycles. The van der Waals surface area contributed by atoms with E-state index in [1.165, 1.54) is 0 Å². The fraction of sp³-hybridized carbons (Fsp3) is 0.500. The third-order valence-corrected chi connectivity index (χ3v) is 4.36. The van der Waals surface area contributed by atoms with Crippen LogP contribution in [0.4, 0.5) is 8.78 Å². The topological polar surface area (TPSA) is 26.3 Å². The number of benzene rings is 1. The van der Waals surface area contributed by atoms with E-state index in [1.807, 2.05) is 6.92 Å². The van der Waals surface area contributed by atoms with Crippen molar-refractivity contribution in [1.82, 2.24) is 0 Å². The highest BCUT2D eigenvalue weighted by Gasteiger charge is 2.47. The standard InChI is InChI=1S/C14H14F2O2/c1-14-5-4-9(17)6-8(14)7-18-13-11(16)3-2-10(15)12(13)14/h2-3,8H,4-7H2,1H3/t8-,14-/m1/s1. The van der Waals surface area contributed by atoms with Gasteiger partial charge in [0.2, 0.25) is 0 Å². The van der Waals surface area contributed by atoms with Crippen molar-refractivity contribution in [2.24, 2.45) is 5.92 Å². The Bertz CT molecular complexity index is 527. The van der Waals surface area contributed by atoms with Crippen molar-refractivity contribution < 1.29 is 18.3 Å². The van der Waals surface area contributed by atoms with Crippen molar-refractivity contribution in [2.75, 3.05) is 6.61 Å². The van der Waals surface area contributed by atoms with Gasteiger partial charge in [-0.1, -0.05) is 6.92 Å². The molecule has 96 valence electrons. The van der Waals surface area contributed by atoms with Crippen LogP contribution < -0.4 is 4.74 Å². The third-order valence-electron chi connectivity index (χ3n) is 4.36. The average Bonchev–Trinajstić information content (AvgIpc) is 2.34. The molecule has 0 N–H and O–H groups in total. The van der Waals surface area contributed by atoms with Crippen LogP contribution in [0.5, 0.6) is 5.75 Å². The number of ketones is 1. The maximum Gasteiger partial charge on any atom is 0.165 e. The lowest BCUT2D eigenvalue weighted by atomic mass is 9.62. The van der Waals surface area contributed by atoms with Gasteiger partial charge in [0.05, 0.1) is 6.61 Å². The van der Waals surface area contributed by atoms with Gasteiger partial charge >= 0.3 is 0 Å². The number of rotatable bonds is 0.